The predicted octanol–water partition coefficient (Wildman–Crippen LogP) is -1.80. The molecule has 0 saturated heterocycles. The normalized spacial score (nSPS) is 12.1. The first kappa shape index (κ1) is 7.77. The molecule has 0 amide bonds. The van der Waals surface area contributed by atoms with Crippen LogP contribution in [0.2, 0.25) is 0 Å². The van der Waals surface area contributed by atoms with Crippen molar-refractivity contribution in [2.45, 2.75) is 6.10 Å². The molecule has 0 fully saturated rings. The number of carbonyl (C=O) groups is 3. The zero-order valence-corrected chi connectivity index (χ0v) is 4.27. The fraction of sp³-hybridized carbons (Fsp3) is 0.250. The fourth-order valence-corrected chi connectivity index (χ4v) is 0.186. The Bertz CT molecular complexity index is 149. The van der Waals surface area contributed by atoms with E-state index in [-0.39, 0.29) is 6.29 Å². The number of hydrogen-bond donors (Lipinski definition) is 2. The number of aliphatic carboxylic acids is 1. The van der Waals surface area contributed by atoms with E-state index in [1.165, 1.54) is 0 Å². The summed E-state index contributed by atoms with van der Waals surface area (Å²) < 4.78 is 0. The van der Waals surface area contributed by atoms with Crippen LogP contribution in [0.4, 0.5) is 0 Å². The molecule has 1 unspecified atom stereocenters. The first-order chi connectivity index (χ1) is 4.09. The quantitative estimate of drug-likeness (QED) is 0.268. The van der Waals surface area contributed by atoms with Crippen molar-refractivity contribution in [1.82, 2.24) is 0 Å². The Kier molecular flexibility index (Phi) is 2.53. The Labute approximate surface area is 49.9 Å². The molecule has 0 aliphatic rings. The second-order valence-corrected chi connectivity index (χ2v) is 1.26. The molecule has 2 N–H and O–H groups in total. The number of aliphatic hydroxyl groups excluding tert-OH is 1. The molecule has 5 nitrogen and oxygen atoms in total. The van der Waals surface area contributed by atoms with Gasteiger partial charge in [-0.25, -0.2) is 4.79 Å². The van der Waals surface area contributed by atoms with E-state index in [0.29, 0.717) is 0 Å². The van der Waals surface area contributed by atoms with Gasteiger partial charge in [-0.2, -0.15) is 0 Å². The Hall–Kier alpha value is -1.23. The van der Waals surface area contributed by atoms with Crippen LogP contribution in [0.25, 0.3) is 0 Å². The maximum absolute atomic E-state index is 9.95. The van der Waals surface area contributed by atoms with Gasteiger partial charge in [0.15, 0.2) is 6.29 Å². The van der Waals surface area contributed by atoms with Gasteiger partial charge in [-0.1, -0.05) is 0 Å². The van der Waals surface area contributed by atoms with Gasteiger partial charge in [0, 0.05) is 0 Å². The van der Waals surface area contributed by atoms with E-state index >= 15 is 0 Å². The minimum Gasteiger partial charge on any atom is -0.479 e. The highest BCUT2D eigenvalue weighted by molar-refractivity contribution is 6.31. The summed E-state index contributed by atoms with van der Waals surface area (Å²) >= 11 is 0. The van der Waals surface area contributed by atoms with Crippen LogP contribution in [0.5, 0.6) is 0 Å². The van der Waals surface area contributed by atoms with Crippen LogP contribution >= 0.6 is 0 Å². The van der Waals surface area contributed by atoms with E-state index < -0.39 is 17.9 Å². The van der Waals surface area contributed by atoms with Crippen molar-refractivity contribution in [3.05, 3.63) is 0 Å². The summed E-state index contributed by atoms with van der Waals surface area (Å²) in [7, 11) is 0. The van der Waals surface area contributed by atoms with Crippen molar-refractivity contribution in [3.8, 4) is 0 Å². The van der Waals surface area contributed by atoms with Gasteiger partial charge in [0.05, 0.1) is 0 Å². The summed E-state index contributed by atoms with van der Waals surface area (Å²) in [6, 6.07) is 0. The Balaban J connectivity index is 4.03. The summed E-state index contributed by atoms with van der Waals surface area (Å²) in [6.07, 6.45) is -2.44. The molecule has 0 saturated carbocycles. The molecule has 0 heterocycles. The van der Waals surface area contributed by atoms with E-state index in [1.54, 1.807) is 0 Å². The van der Waals surface area contributed by atoms with Crippen LogP contribution in [0.1, 0.15) is 0 Å². The van der Waals surface area contributed by atoms with Gasteiger partial charge in [0.1, 0.15) is 0 Å². The van der Waals surface area contributed by atoms with Crippen LogP contribution < -0.4 is 0 Å². The fourth-order valence-electron chi connectivity index (χ4n) is 0.186. The number of hydrogen-bond acceptors (Lipinski definition) is 4. The lowest BCUT2D eigenvalue weighted by Gasteiger charge is -1.94. The van der Waals surface area contributed by atoms with E-state index in [9.17, 15) is 14.4 Å². The molecule has 0 aromatic carbocycles. The Morgan fingerprint density at radius 1 is 1.44 bits per heavy atom. The number of carboxylic acids is 1. The molecule has 0 spiro atoms. The van der Waals surface area contributed by atoms with Gasteiger partial charge in [-0.05, 0) is 0 Å². The molecule has 0 radical (unpaired) electrons. The van der Waals surface area contributed by atoms with E-state index in [1.807, 2.05) is 0 Å². The zero-order chi connectivity index (χ0) is 7.44. The van der Waals surface area contributed by atoms with Crippen molar-refractivity contribution in [2.24, 2.45) is 0 Å². The van der Waals surface area contributed by atoms with Crippen molar-refractivity contribution in [2.75, 3.05) is 0 Å². The molecule has 0 aromatic heterocycles. The number of ketones is 1. The highest BCUT2D eigenvalue weighted by Crippen LogP contribution is 1.80. The zero-order valence-electron chi connectivity index (χ0n) is 4.27. The molecular formula is C4H4O5. The maximum atomic E-state index is 9.95. The van der Waals surface area contributed by atoms with Crippen molar-refractivity contribution >= 4 is 18.0 Å². The molecule has 1 atom stereocenters. The summed E-state index contributed by atoms with van der Waals surface area (Å²) in [5, 5.41) is 16.1. The lowest BCUT2D eigenvalue weighted by Crippen LogP contribution is -2.30. The van der Waals surface area contributed by atoms with Crippen LogP contribution in [-0.4, -0.2) is 34.4 Å². The summed E-state index contributed by atoms with van der Waals surface area (Å²) in [4.78, 5) is 29.1. The van der Waals surface area contributed by atoms with Crippen molar-refractivity contribution in [1.29, 1.82) is 0 Å². The van der Waals surface area contributed by atoms with Gasteiger partial charge in [0.2, 0.25) is 11.9 Å². The molecule has 0 aromatic rings. The number of carboxylic acid groups (broad SMARTS) is 1. The van der Waals surface area contributed by atoms with Gasteiger partial charge in [0.25, 0.3) is 0 Å². The van der Waals surface area contributed by atoms with Crippen LogP contribution in [0.15, 0.2) is 0 Å². The molecule has 0 aliphatic carbocycles. The standard InChI is InChI=1S/C4H4O5/c5-1-2(6)3(7)4(8)9/h1,3,7H,(H,8,9). The maximum Gasteiger partial charge on any atom is 0.340 e. The molecule has 50 valence electrons. The minimum atomic E-state index is -2.21. The van der Waals surface area contributed by atoms with Gasteiger partial charge in [-0.3, -0.25) is 9.59 Å². The third kappa shape index (κ3) is 2.00. The lowest BCUT2D eigenvalue weighted by molar-refractivity contribution is -0.153. The van der Waals surface area contributed by atoms with Gasteiger partial charge in [-0.15, -0.1) is 0 Å². The van der Waals surface area contributed by atoms with Gasteiger partial charge < -0.3 is 10.2 Å². The number of rotatable bonds is 3. The number of aldehydes is 1. The summed E-state index contributed by atoms with van der Waals surface area (Å²) in [5.74, 6) is -3.06. The van der Waals surface area contributed by atoms with Gasteiger partial charge >= 0.3 is 5.97 Å². The van der Waals surface area contributed by atoms with Crippen LogP contribution in [0, 0.1) is 0 Å². The lowest BCUT2D eigenvalue weighted by atomic mass is 10.2. The molecule has 0 rings (SSSR count). The molecule has 0 aliphatic heterocycles. The third-order valence-electron chi connectivity index (χ3n) is 0.620. The van der Waals surface area contributed by atoms with Crippen molar-refractivity contribution < 1.29 is 24.6 Å². The topological polar surface area (TPSA) is 91.7 Å². The first-order valence-corrected chi connectivity index (χ1v) is 1.99. The second kappa shape index (κ2) is 2.93. The molecular weight excluding hydrogens is 128 g/mol. The predicted molar refractivity (Wildman–Crippen MR) is 24.7 cm³/mol. The average Bonchev–Trinajstić information content (AvgIpc) is 1.84. The van der Waals surface area contributed by atoms with E-state index in [4.69, 9.17) is 10.2 Å². The highest BCUT2D eigenvalue weighted by atomic mass is 16.4. The molecule has 5 heteroatoms. The monoisotopic (exact) mass is 132 g/mol. The number of carbonyl (C=O) groups excluding carboxylic acids is 2. The van der Waals surface area contributed by atoms with Crippen LogP contribution in [0.3, 0.4) is 0 Å². The Morgan fingerprint density at radius 3 is 2.00 bits per heavy atom. The summed E-state index contributed by atoms with van der Waals surface area (Å²) in [5.41, 5.74) is 0. The average molecular weight is 132 g/mol. The SMILES string of the molecule is O=CC(=O)C(O)C(=O)O. The highest BCUT2D eigenvalue weighted by Gasteiger charge is 2.21. The first-order valence-electron chi connectivity index (χ1n) is 1.99. The number of aliphatic hydroxyl groups is 1. The smallest absolute Gasteiger partial charge is 0.340 e. The number of Topliss-reactive ketones (excluding diaryl/α,β-unsaturated/α-hetero) is 1. The van der Waals surface area contributed by atoms with E-state index in [2.05, 4.69) is 0 Å². The largest absolute Gasteiger partial charge is 0.479 e. The second-order valence-electron chi connectivity index (χ2n) is 1.26. The van der Waals surface area contributed by atoms with E-state index in [0.717, 1.165) is 0 Å². The van der Waals surface area contributed by atoms with Crippen molar-refractivity contribution in [3.63, 3.8) is 0 Å². The Morgan fingerprint density at radius 2 is 1.89 bits per heavy atom. The minimum absolute atomic E-state index is 0.237. The summed E-state index contributed by atoms with van der Waals surface area (Å²) in [6.45, 7) is 0. The molecule has 0 bridgehead atoms. The molecule has 9 heavy (non-hydrogen) atoms. The van der Waals surface area contributed by atoms with Crippen LogP contribution in [-0.2, 0) is 14.4 Å². The third-order valence-corrected chi connectivity index (χ3v) is 0.620.